The molecule has 3 rings (SSSR count). The molecule has 0 amide bonds. The van der Waals surface area contributed by atoms with Gasteiger partial charge in [-0.25, -0.2) is 4.98 Å². The monoisotopic (exact) mass is 257 g/mol. The molecule has 1 aliphatic carbocycles. The van der Waals surface area contributed by atoms with Gasteiger partial charge < -0.3 is 9.15 Å². The highest BCUT2D eigenvalue weighted by Gasteiger charge is 2.19. The van der Waals surface area contributed by atoms with Crippen molar-refractivity contribution in [3.8, 4) is 17.2 Å². The van der Waals surface area contributed by atoms with Crippen LogP contribution in [0.1, 0.15) is 43.7 Å². The summed E-state index contributed by atoms with van der Waals surface area (Å²) in [6.45, 7) is 0. The fourth-order valence-corrected chi connectivity index (χ4v) is 2.74. The predicted octanol–water partition coefficient (Wildman–Crippen LogP) is 4.40. The molecule has 3 nitrogen and oxygen atoms in total. The van der Waals surface area contributed by atoms with Crippen molar-refractivity contribution in [1.29, 1.82) is 0 Å². The van der Waals surface area contributed by atoms with E-state index in [-0.39, 0.29) is 0 Å². The van der Waals surface area contributed by atoms with Gasteiger partial charge in [0.2, 0.25) is 5.89 Å². The highest BCUT2D eigenvalue weighted by Crippen LogP contribution is 2.33. The number of aromatic nitrogens is 1. The van der Waals surface area contributed by atoms with E-state index in [9.17, 15) is 0 Å². The van der Waals surface area contributed by atoms with Gasteiger partial charge in [-0.3, -0.25) is 0 Å². The third kappa shape index (κ3) is 2.65. The quantitative estimate of drug-likeness (QED) is 0.817. The molecule has 1 aromatic heterocycles. The van der Waals surface area contributed by atoms with Crippen LogP contribution in [0.2, 0.25) is 0 Å². The molecule has 100 valence electrons. The molecule has 0 radical (unpaired) electrons. The van der Waals surface area contributed by atoms with Crippen molar-refractivity contribution in [2.24, 2.45) is 0 Å². The first-order valence-electron chi connectivity index (χ1n) is 6.96. The Morgan fingerprint density at radius 2 is 1.84 bits per heavy atom. The molecule has 1 aliphatic rings. The molecule has 1 saturated carbocycles. The Hall–Kier alpha value is -1.77. The summed E-state index contributed by atoms with van der Waals surface area (Å²) in [4.78, 5) is 4.65. The van der Waals surface area contributed by atoms with Gasteiger partial charge in [-0.2, -0.15) is 0 Å². The second-order valence-corrected chi connectivity index (χ2v) is 5.14. The highest BCUT2D eigenvalue weighted by atomic mass is 16.5. The molecule has 0 spiro atoms. The van der Waals surface area contributed by atoms with E-state index in [0.717, 1.165) is 17.0 Å². The van der Waals surface area contributed by atoms with Crippen LogP contribution in [0.3, 0.4) is 0 Å². The van der Waals surface area contributed by atoms with Gasteiger partial charge in [-0.05, 0) is 37.1 Å². The minimum absolute atomic E-state index is 0.587. The Bertz CT molecular complexity index is 524. The largest absolute Gasteiger partial charge is 0.497 e. The third-order valence-corrected chi connectivity index (χ3v) is 3.88. The molecule has 3 heteroatoms. The van der Waals surface area contributed by atoms with Crippen LogP contribution in [0.4, 0.5) is 0 Å². The van der Waals surface area contributed by atoms with Gasteiger partial charge in [0.15, 0.2) is 0 Å². The van der Waals surface area contributed by atoms with Gasteiger partial charge in [0.25, 0.3) is 0 Å². The smallest absolute Gasteiger partial charge is 0.226 e. The van der Waals surface area contributed by atoms with E-state index in [1.165, 1.54) is 32.1 Å². The van der Waals surface area contributed by atoms with Crippen LogP contribution in [0, 0.1) is 0 Å². The van der Waals surface area contributed by atoms with Crippen LogP contribution in [0.25, 0.3) is 11.5 Å². The first-order valence-corrected chi connectivity index (χ1v) is 6.96. The van der Waals surface area contributed by atoms with Crippen molar-refractivity contribution in [3.05, 3.63) is 36.2 Å². The van der Waals surface area contributed by atoms with Crippen molar-refractivity contribution in [1.82, 2.24) is 4.98 Å². The van der Waals surface area contributed by atoms with E-state index in [1.807, 2.05) is 30.5 Å². The van der Waals surface area contributed by atoms with Gasteiger partial charge in [0, 0.05) is 11.5 Å². The van der Waals surface area contributed by atoms with E-state index in [2.05, 4.69) is 4.98 Å². The summed E-state index contributed by atoms with van der Waals surface area (Å²) in [6.07, 6.45) is 8.31. The summed E-state index contributed by atoms with van der Waals surface area (Å²) >= 11 is 0. The number of benzene rings is 1. The van der Waals surface area contributed by atoms with Gasteiger partial charge in [0.05, 0.1) is 12.8 Å². The van der Waals surface area contributed by atoms with Crippen LogP contribution >= 0.6 is 0 Å². The molecule has 0 unspecified atom stereocenters. The number of oxazole rings is 1. The van der Waals surface area contributed by atoms with Crippen molar-refractivity contribution < 1.29 is 9.15 Å². The van der Waals surface area contributed by atoms with Crippen LogP contribution in [-0.2, 0) is 0 Å². The Labute approximate surface area is 113 Å². The second kappa shape index (κ2) is 5.47. The number of hydrogen-bond donors (Lipinski definition) is 0. The van der Waals surface area contributed by atoms with Crippen LogP contribution in [0.5, 0.6) is 5.75 Å². The van der Waals surface area contributed by atoms with E-state index >= 15 is 0 Å². The molecule has 19 heavy (non-hydrogen) atoms. The SMILES string of the molecule is COc1ccc(-c2nc(C3CCCCC3)co2)cc1. The summed E-state index contributed by atoms with van der Waals surface area (Å²) in [7, 11) is 1.67. The number of ether oxygens (including phenoxy) is 1. The molecule has 1 heterocycles. The fraction of sp³-hybridized carbons (Fsp3) is 0.438. The van der Waals surface area contributed by atoms with Gasteiger partial charge in [0.1, 0.15) is 12.0 Å². The average molecular weight is 257 g/mol. The summed E-state index contributed by atoms with van der Waals surface area (Å²) in [5.74, 6) is 2.15. The van der Waals surface area contributed by atoms with E-state index in [0.29, 0.717) is 11.8 Å². The lowest BCUT2D eigenvalue weighted by Gasteiger charge is -2.18. The zero-order valence-electron chi connectivity index (χ0n) is 11.3. The minimum Gasteiger partial charge on any atom is -0.497 e. The molecule has 0 bridgehead atoms. The van der Waals surface area contributed by atoms with Gasteiger partial charge in [-0.1, -0.05) is 19.3 Å². The maximum absolute atomic E-state index is 5.63. The number of rotatable bonds is 3. The van der Waals surface area contributed by atoms with Gasteiger partial charge in [-0.15, -0.1) is 0 Å². The molecule has 0 atom stereocenters. The highest BCUT2D eigenvalue weighted by molar-refractivity contribution is 5.54. The summed E-state index contributed by atoms with van der Waals surface area (Å²) in [5, 5.41) is 0. The molecule has 0 saturated heterocycles. The van der Waals surface area contributed by atoms with Crippen LogP contribution in [0.15, 0.2) is 34.9 Å². The molecule has 0 aliphatic heterocycles. The topological polar surface area (TPSA) is 35.3 Å². The van der Waals surface area contributed by atoms with Crippen LogP contribution in [-0.4, -0.2) is 12.1 Å². The number of hydrogen-bond acceptors (Lipinski definition) is 3. The first-order chi connectivity index (χ1) is 9.36. The van der Waals surface area contributed by atoms with Crippen molar-refractivity contribution in [2.45, 2.75) is 38.0 Å². The summed E-state index contributed by atoms with van der Waals surface area (Å²) < 4.78 is 10.8. The lowest BCUT2D eigenvalue weighted by atomic mass is 9.87. The lowest BCUT2D eigenvalue weighted by Crippen LogP contribution is -2.04. The molecule has 1 aromatic carbocycles. The van der Waals surface area contributed by atoms with E-state index in [4.69, 9.17) is 9.15 Å². The number of methoxy groups -OCH3 is 1. The minimum atomic E-state index is 0.587. The number of nitrogens with zero attached hydrogens (tertiary/aromatic N) is 1. The Balaban J connectivity index is 1.79. The maximum atomic E-state index is 5.63. The molecule has 1 fully saturated rings. The second-order valence-electron chi connectivity index (χ2n) is 5.14. The third-order valence-electron chi connectivity index (χ3n) is 3.88. The van der Waals surface area contributed by atoms with E-state index < -0.39 is 0 Å². The average Bonchev–Trinajstić information content (AvgIpc) is 2.98. The first kappa shape index (κ1) is 12.3. The zero-order valence-corrected chi connectivity index (χ0v) is 11.3. The normalized spacial score (nSPS) is 16.5. The zero-order chi connectivity index (χ0) is 13.1. The molecule has 0 N–H and O–H groups in total. The van der Waals surface area contributed by atoms with Crippen molar-refractivity contribution >= 4 is 0 Å². The van der Waals surface area contributed by atoms with Crippen molar-refractivity contribution in [2.75, 3.05) is 7.11 Å². The molecule has 2 aromatic rings. The Morgan fingerprint density at radius 3 is 2.53 bits per heavy atom. The molecular weight excluding hydrogens is 238 g/mol. The summed E-state index contributed by atoms with van der Waals surface area (Å²) in [5.41, 5.74) is 2.12. The predicted molar refractivity (Wildman–Crippen MR) is 74.3 cm³/mol. The summed E-state index contributed by atoms with van der Waals surface area (Å²) in [6, 6.07) is 7.82. The standard InChI is InChI=1S/C16H19NO2/c1-18-14-9-7-13(8-10-14)16-17-15(11-19-16)12-5-3-2-4-6-12/h7-12H,2-6H2,1H3. The van der Waals surface area contributed by atoms with E-state index in [1.54, 1.807) is 7.11 Å². The molecular formula is C16H19NO2. The van der Waals surface area contributed by atoms with Gasteiger partial charge >= 0.3 is 0 Å². The Kier molecular flexibility index (Phi) is 3.53. The van der Waals surface area contributed by atoms with Crippen LogP contribution < -0.4 is 4.74 Å². The lowest BCUT2D eigenvalue weighted by molar-refractivity contribution is 0.415. The maximum Gasteiger partial charge on any atom is 0.226 e. The fourth-order valence-electron chi connectivity index (χ4n) is 2.74. The van der Waals surface area contributed by atoms with Crippen molar-refractivity contribution in [3.63, 3.8) is 0 Å². The Morgan fingerprint density at radius 1 is 1.11 bits per heavy atom.